The van der Waals surface area contributed by atoms with Gasteiger partial charge in [-0.05, 0) is 45.9 Å². The fourth-order valence-electron chi connectivity index (χ4n) is 4.40. The van der Waals surface area contributed by atoms with E-state index in [0.29, 0.717) is 11.8 Å². The molecule has 0 amide bonds. The van der Waals surface area contributed by atoms with Crippen LogP contribution in [0, 0.1) is 11.8 Å². The first kappa shape index (κ1) is 13.8. The summed E-state index contributed by atoms with van der Waals surface area (Å²) in [4.78, 5) is 0. The quantitative estimate of drug-likeness (QED) is 0.517. The first-order valence-electron chi connectivity index (χ1n) is 8.87. The van der Waals surface area contributed by atoms with Crippen molar-refractivity contribution in [2.24, 2.45) is 11.8 Å². The molecule has 0 saturated carbocycles. The number of allylic oxidation sites excluding steroid dienone is 4. The average molecular weight is 308 g/mol. The van der Waals surface area contributed by atoms with E-state index in [0.717, 1.165) is 0 Å². The van der Waals surface area contributed by atoms with Gasteiger partial charge < -0.3 is 0 Å². The van der Waals surface area contributed by atoms with Gasteiger partial charge >= 0.3 is 0 Å². The van der Waals surface area contributed by atoms with Crippen molar-refractivity contribution in [3.63, 3.8) is 0 Å². The predicted octanol–water partition coefficient (Wildman–Crippen LogP) is 6.35. The zero-order valence-electron chi connectivity index (χ0n) is 13.7. The molecule has 0 nitrogen and oxygen atoms in total. The molecule has 2 atom stereocenters. The third-order valence-electron chi connectivity index (χ3n) is 5.56. The minimum absolute atomic E-state index is 0.552. The highest BCUT2D eigenvalue weighted by Gasteiger charge is 2.31. The van der Waals surface area contributed by atoms with Crippen LogP contribution in [0.15, 0.2) is 84.9 Å². The van der Waals surface area contributed by atoms with Crippen LogP contribution in [-0.4, -0.2) is 0 Å². The summed E-state index contributed by atoms with van der Waals surface area (Å²) < 4.78 is 0. The Kier molecular flexibility index (Phi) is 3.16. The molecule has 3 aliphatic carbocycles. The minimum Gasteiger partial charge on any atom is -0.0726 e. The van der Waals surface area contributed by atoms with E-state index in [1.54, 1.807) is 0 Å². The van der Waals surface area contributed by atoms with Gasteiger partial charge in [0, 0.05) is 11.8 Å². The monoisotopic (exact) mass is 308 g/mol. The maximum atomic E-state index is 2.54. The van der Waals surface area contributed by atoms with E-state index >= 15 is 0 Å². The van der Waals surface area contributed by atoms with E-state index in [-0.39, 0.29) is 0 Å². The molecule has 2 bridgehead atoms. The first-order chi connectivity index (χ1) is 11.9. The molecule has 0 aliphatic heterocycles. The first-order valence-corrected chi connectivity index (χ1v) is 8.87. The number of fused-ring (bicyclic) bond motifs is 2. The van der Waals surface area contributed by atoms with Gasteiger partial charge in [-0.3, -0.25) is 0 Å². The fraction of sp³-hybridized carbons (Fsp3) is 0.167. The second kappa shape index (κ2) is 5.49. The van der Waals surface area contributed by atoms with Crippen LogP contribution in [-0.2, 0) is 0 Å². The molecular weight excluding hydrogens is 288 g/mol. The lowest BCUT2D eigenvalue weighted by Gasteiger charge is -2.36. The second-order valence-corrected chi connectivity index (χ2v) is 6.93. The lowest BCUT2D eigenvalue weighted by Crippen LogP contribution is -2.20. The van der Waals surface area contributed by atoms with Crippen LogP contribution in [0.5, 0.6) is 0 Å². The lowest BCUT2D eigenvalue weighted by molar-refractivity contribution is 0.557. The minimum atomic E-state index is 0.552. The fourth-order valence-corrected chi connectivity index (χ4v) is 4.40. The normalized spacial score (nSPS) is 22.3. The van der Waals surface area contributed by atoms with E-state index in [9.17, 15) is 0 Å². The van der Waals surface area contributed by atoms with Gasteiger partial charge in [0.2, 0.25) is 0 Å². The molecular formula is C24H20. The average Bonchev–Trinajstić information content (AvgIpc) is 2.68. The van der Waals surface area contributed by atoms with Crippen LogP contribution < -0.4 is 0 Å². The topological polar surface area (TPSA) is 0 Å². The van der Waals surface area contributed by atoms with Crippen molar-refractivity contribution < 1.29 is 0 Å². The van der Waals surface area contributed by atoms with Crippen molar-refractivity contribution in [3.8, 4) is 0 Å². The number of rotatable bonds is 2. The van der Waals surface area contributed by atoms with E-state index in [1.165, 1.54) is 45.9 Å². The zero-order valence-corrected chi connectivity index (χ0v) is 13.7. The summed E-state index contributed by atoms with van der Waals surface area (Å²) >= 11 is 0. The molecule has 0 heteroatoms. The van der Waals surface area contributed by atoms with Crippen molar-refractivity contribution in [2.45, 2.75) is 12.8 Å². The van der Waals surface area contributed by atoms with Gasteiger partial charge in [-0.1, -0.05) is 84.9 Å². The molecule has 3 aromatic carbocycles. The molecule has 6 rings (SSSR count). The number of hydrogen-bond acceptors (Lipinski definition) is 0. The highest BCUT2D eigenvalue weighted by Crippen LogP contribution is 2.48. The van der Waals surface area contributed by atoms with Crippen molar-refractivity contribution in [2.75, 3.05) is 0 Å². The van der Waals surface area contributed by atoms with Crippen molar-refractivity contribution in [1.29, 1.82) is 0 Å². The Morgan fingerprint density at radius 2 is 1.25 bits per heavy atom. The van der Waals surface area contributed by atoms with E-state index in [4.69, 9.17) is 0 Å². The maximum absolute atomic E-state index is 2.54. The molecule has 0 heterocycles. The largest absolute Gasteiger partial charge is 0.0726 e. The van der Waals surface area contributed by atoms with Gasteiger partial charge in [-0.2, -0.15) is 0 Å². The Labute approximate surface area is 143 Å². The van der Waals surface area contributed by atoms with Crippen molar-refractivity contribution >= 4 is 21.9 Å². The van der Waals surface area contributed by atoms with E-state index in [1.807, 2.05) is 0 Å². The number of hydrogen-bond donors (Lipinski definition) is 0. The Morgan fingerprint density at radius 1 is 0.583 bits per heavy atom. The zero-order chi connectivity index (χ0) is 15.9. The summed E-state index contributed by atoms with van der Waals surface area (Å²) in [5.41, 5.74) is 5.87. The molecule has 24 heavy (non-hydrogen) atoms. The highest BCUT2D eigenvalue weighted by atomic mass is 14.3. The third-order valence-corrected chi connectivity index (χ3v) is 5.56. The molecule has 0 N–H and O–H groups in total. The molecule has 3 aromatic rings. The standard InChI is InChI=1S/C24H20/c1-2-7-18(8-3-1)23-15-20-14-13-19(23)16-24(20)22-12-6-10-17-9-4-5-11-21(17)22/h1-12,15-16,19-20H,13-14H2/t19-,20-/m1/s1. The highest BCUT2D eigenvalue weighted by molar-refractivity contribution is 5.96. The Bertz CT molecular complexity index is 954. The Balaban J connectivity index is 1.60. The third kappa shape index (κ3) is 2.14. The Morgan fingerprint density at radius 3 is 2.04 bits per heavy atom. The van der Waals surface area contributed by atoms with Crippen LogP contribution in [0.3, 0.4) is 0 Å². The lowest BCUT2D eigenvalue weighted by atomic mass is 9.68. The van der Waals surface area contributed by atoms with Crippen LogP contribution in [0.4, 0.5) is 0 Å². The van der Waals surface area contributed by atoms with Crippen LogP contribution in [0.25, 0.3) is 21.9 Å². The summed E-state index contributed by atoms with van der Waals surface area (Å²) in [5.74, 6) is 1.11. The molecule has 0 radical (unpaired) electrons. The van der Waals surface area contributed by atoms with Gasteiger partial charge in [0.05, 0.1) is 0 Å². The molecule has 0 fully saturated rings. The van der Waals surface area contributed by atoms with E-state index < -0.39 is 0 Å². The smallest absolute Gasteiger partial charge is 0.00277 e. The molecule has 0 spiro atoms. The van der Waals surface area contributed by atoms with Gasteiger partial charge in [-0.15, -0.1) is 0 Å². The summed E-state index contributed by atoms with van der Waals surface area (Å²) in [6, 6.07) is 26.3. The van der Waals surface area contributed by atoms with Crippen molar-refractivity contribution in [3.05, 3.63) is 96.1 Å². The van der Waals surface area contributed by atoms with Crippen LogP contribution in [0.1, 0.15) is 24.0 Å². The summed E-state index contributed by atoms with van der Waals surface area (Å²) in [6.07, 6.45) is 7.62. The Hall–Kier alpha value is -2.60. The van der Waals surface area contributed by atoms with Crippen LogP contribution in [0.2, 0.25) is 0 Å². The van der Waals surface area contributed by atoms with E-state index in [2.05, 4.69) is 84.9 Å². The molecule has 0 saturated heterocycles. The predicted molar refractivity (Wildman–Crippen MR) is 103 cm³/mol. The van der Waals surface area contributed by atoms with Crippen molar-refractivity contribution in [1.82, 2.24) is 0 Å². The molecule has 3 aliphatic rings. The van der Waals surface area contributed by atoms with Gasteiger partial charge in [-0.25, -0.2) is 0 Å². The van der Waals surface area contributed by atoms with Gasteiger partial charge in [0.25, 0.3) is 0 Å². The summed E-state index contributed by atoms with van der Waals surface area (Å²) in [7, 11) is 0. The summed E-state index contributed by atoms with van der Waals surface area (Å²) in [6.45, 7) is 0. The van der Waals surface area contributed by atoms with Gasteiger partial charge in [0.15, 0.2) is 0 Å². The SMILES string of the molecule is C1=C(c2ccccc2)[C@H]2C=C(c3cccc4ccccc34)[C@@H]1CC2. The van der Waals surface area contributed by atoms with Crippen LogP contribution >= 0.6 is 0 Å². The summed E-state index contributed by atoms with van der Waals surface area (Å²) in [5, 5.41) is 2.72. The van der Waals surface area contributed by atoms with Gasteiger partial charge in [0.1, 0.15) is 0 Å². The number of benzene rings is 3. The molecule has 116 valence electrons. The molecule has 0 unspecified atom stereocenters. The second-order valence-electron chi connectivity index (χ2n) is 6.93. The molecule has 0 aromatic heterocycles. The maximum Gasteiger partial charge on any atom is 0.00277 e.